The smallest absolute Gasteiger partial charge is 0.0358 e. The lowest BCUT2D eigenvalue weighted by molar-refractivity contribution is 0.445. The Hall–Kier alpha value is -0.0400. The summed E-state index contributed by atoms with van der Waals surface area (Å²) in [5.41, 5.74) is 0.772. The molecule has 1 saturated heterocycles. The molecule has 0 radical (unpaired) electrons. The Bertz CT molecular complexity index is 127. The van der Waals surface area contributed by atoms with Crippen LogP contribution in [0.2, 0.25) is 0 Å². The van der Waals surface area contributed by atoms with Crippen molar-refractivity contribution in [3.05, 3.63) is 0 Å². The topological polar surface area (TPSA) is 21.9 Å². The molecule has 1 heterocycles. The summed E-state index contributed by atoms with van der Waals surface area (Å²) in [6, 6.07) is 0. The maximum atomic E-state index is 3.48. The molecule has 0 amide bonds. The number of nitrogens with one attached hydrogen (secondary N) is 1. The molecule has 1 atom stereocenters. The van der Waals surface area contributed by atoms with Crippen molar-refractivity contribution >= 4 is 0 Å². The van der Waals surface area contributed by atoms with Crippen molar-refractivity contribution in [1.82, 2.24) is 5.32 Å². The van der Waals surface area contributed by atoms with E-state index < -0.39 is 0 Å². The summed E-state index contributed by atoms with van der Waals surface area (Å²) in [5, 5.41) is 3.48. The first-order valence-electron chi connectivity index (χ1n) is 3.69. The maximum Gasteiger partial charge on any atom is 0.0358 e. The highest BCUT2D eigenvalue weighted by Crippen LogP contribution is 2.42. The van der Waals surface area contributed by atoms with Gasteiger partial charge < -0.3 is 5.32 Å². The molecule has 1 nitrogen and oxygen atoms in total. The Balaban J connectivity index is 2.63. The molecule has 9 heavy (non-hydrogen) atoms. The third kappa shape index (κ3) is 0.787. The predicted molar refractivity (Wildman–Crippen MR) is 40.5 cm³/mol. The van der Waals surface area contributed by atoms with Crippen LogP contribution < -0.4 is 5.32 Å². The average molecular weight is 127 g/mol. The largest absolute Gasteiger partial charge is 0.303 e. The lowest BCUT2D eigenvalue weighted by Gasteiger charge is -2.15. The second-order valence-electron chi connectivity index (χ2n) is 4.11. The van der Waals surface area contributed by atoms with E-state index in [0.29, 0.717) is 11.1 Å². The van der Waals surface area contributed by atoms with Gasteiger partial charge in [-0.1, -0.05) is 13.8 Å². The fraction of sp³-hybridized carbons (Fsp3) is 1.00. The monoisotopic (exact) mass is 127 g/mol. The van der Waals surface area contributed by atoms with E-state index in [-0.39, 0.29) is 0 Å². The van der Waals surface area contributed by atoms with Crippen molar-refractivity contribution in [3.8, 4) is 0 Å². The molecule has 1 rings (SSSR count). The Morgan fingerprint density at radius 1 is 1.11 bits per heavy atom. The van der Waals surface area contributed by atoms with E-state index in [2.05, 4.69) is 39.9 Å². The Kier molecular flexibility index (Phi) is 1.19. The van der Waals surface area contributed by atoms with Gasteiger partial charge in [-0.15, -0.1) is 0 Å². The first kappa shape index (κ1) is 7.07. The molecule has 0 aliphatic carbocycles. The van der Waals surface area contributed by atoms with Crippen LogP contribution in [0.3, 0.4) is 0 Å². The van der Waals surface area contributed by atoms with E-state index in [1.165, 1.54) is 0 Å². The predicted octanol–water partition coefficient (Wildman–Crippen LogP) is 1.78. The lowest BCUT2D eigenvalue weighted by atomic mass is 9.87. The van der Waals surface area contributed by atoms with Crippen LogP contribution in [0.15, 0.2) is 0 Å². The molecule has 1 aliphatic rings. The third-order valence-corrected chi connectivity index (χ3v) is 2.96. The molecule has 0 spiro atoms. The quantitative estimate of drug-likeness (QED) is 0.533. The van der Waals surface area contributed by atoms with Gasteiger partial charge in [0.2, 0.25) is 0 Å². The Labute approximate surface area is 57.8 Å². The van der Waals surface area contributed by atoms with Crippen molar-refractivity contribution in [2.75, 3.05) is 0 Å². The average Bonchev–Trinajstić information content (AvgIpc) is 2.08. The zero-order valence-corrected chi connectivity index (χ0v) is 7.08. The summed E-state index contributed by atoms with van der Waals surface area (Å²) < 4.78 is 0. The van der Waals surface area contributed by atoms with Crippen molar-refractivity contribution < 1.29 is 0 Å². The minimum absolute atomic E-state index is 0.376. The third-order valence-electron chi connectivity index (χ3n) is 2.96. The SMILES string of the molecule is CC(C)C1(C)NC1(C)C. The van der Waals surface area contributed by atoms with Gasteiger partial charge in [-0.3, -0.25) is 0 Å². The van der Waals surface area contributed by atoms with Crippen LogP contribution in [0, 0.1) is 5.92 Å². The van der Waals surface area contributed by atoms with E-state index in [0.717, 1.165) is 5.92 Å². The van der Waals surface area contributed by atoms with Crippen LogP contribution in [-0.4, -0.2) is 11.1 Å². The van der Waals surface area contributed by atoms with Gasteiger partial charge in [-0.2, -0.15) is 0 Å². The first-order valence-corrected chi connectivity index (χ1v) is 3.69. The molecule has 1 N–H and O–H groups in total. The fourth-order valence-corrected chi connectivity index (χ4v) is 1.48. The highest BCUT2D eigenvalue weighted by atomic mass is 15.3. The zero-order valence-electron chi connectivity index (χ0n) is 7.08. The van der Waals surface area contributed by atoms with Crippen molar-refractivity contribution in [2.45, 2.75) is 45.7 Å². The van der Waals surface area contributed by atoms with Crippen LogP contribution in [0.1, 0.15) is 34.6 Å². The molecule has 0 aromatic carbocycles. The van der Waals surface area contributed by atoms with Gasteiger partial charge in [-0.05, 0) is 26.7 Å². The Morgan fingerprint density at radius 2 is 1.44 bits per heavy atom. The highest BCUT2D eigenvalue weighted by molar-refractivity contribution is 5.20. The Morgan fingerprint density at radius 3 is 1.44 bits per heavy atom. The molecule has 0 saturated carbocycles. The van der Waals surface area contributed by atoms with Gasteiger partial charge in [0.1, 0.15) is 0 Å². The minimum Gasteiger partial charge on any atom is -0.303 e. The van der Waals surface area contributed by atoms with Crippen LogP contribution >= 0.6 is 0 Å². The summed E-state index contributed by atoms with van der Waals surface area (Å²) in [5.74, 6) is 0.743. The van der Waals surface area contributed by atoms with Gasteiger partial charge in [0.25, 0.3) is 0 Å². The summed E-state index contributed by atoms with van der Waals surface area (Å²) in [4.78, 5) is 0. The van der Waals surface area contributed by atoms with Crippen molar-refractivity contribution in [3.63, 3.8) is 0 Å². The molecule has 1 heteroatoms. The van der Waals surface area contributed by atoms with Gasteiger partial charge >= 0.3 is 0 Å². The van der Waals surface area contributed by atoms with E-state index in [4.69, 9.17) is 0 Å². The molecule has 0 bridgehead atoms. The van der Waals surface area contributed by atoms with E-state index in [9.17, 15) is 0 Å². The van der Waals surface area contributed by atoms with Crippen molar-refractivity contribution in [1.29, 1.82) is 0 Å². The van der Waals surface area contributed by atoms with E-state index in [1.807, 2.05) is 0 Å². The molecule has 0 aromatic heterocycles. The lowest BCUT2D eigenvalue weighted by Crippen LogP contribution is -2.23. The number of hydrogen-bond acceptors (Lipinski definition) is 1. The van der Waals surface area contributed by atoms with Gasteiger partial charge in [-0.25, -0.2) is 0 Å². The summed E-state index contributed by atoms with van der Waals surface area (Å²) in [6.45, 7) is 11.3. The molecule has 1 aliphatic heterocycles. The first-order chi connectivity index (χ1) is 3.90. The second-order valence-corrected chi connectivity index (χ2v) is 4.11. The summed E-state index contributed by atoms with van der Waals surface area (Å²) >= 11 is 0. The standard InChI is InChI=1S/C8H17N/c1-6(2)8(5)7(3,4)9-8/h6,9H,1-5H3. The number of rotatable bonds is 1. The zero-order chi connectivity index (χ0) is 7.28. The number of hydrogen-bond donors (Lipinski definition) is 1. The molecular weight excluding hydrogens is 110 g/mol. The molecular formula is C8H17N. The van der Waals surface area contributed by atoms with Gasteiger partial charge in [0.15, 0.2) is 0 Å². The normalized spacial score (nSPS) is 39.3. The molecule has 1 fully saturated rings. The van der Waals surface area contributed by atoms with E-state index in [1.54, 1.807) is 0 Å². The van der Waals surface area contributed by atoms with E-state index >= 15 is 0 Å². The summed E-state index contributed by atoms with van der Waals surface area (Å²) in [6.07, 6.45) is 0. The molecule has 54 valence electrons. The molecule has 1 unspecified atom stereocenters. The van der Waals surface area contributed by atoms with Gasteiger partial charge in [0.05, 0.1) is 0 Å². The minimum atomic E-state index is 0.376. The van der Waals surface area contributed by atoms with Crippen LogP contribution in [-0.2, 0) is 0 Å². The molecule has 0 aromatic rings. The summed E-state index contributed by atoms with van der Waals surface area (Å²) in [7, 11) is 0. The van der Waals surface area contributed by atoms with Crippen LogP contribution in [0.4, 0.5) is 0 Å². The van der Waals surface area contributed by atoms with Gasteiger partial charge in [0, 0.05) is 11.1 Å². The van der Waals surface area contributed by atoms with Crippen LogP contribution in [0.25, 0.3) is 0 Å². The highest BCUT2D eigenvalue weighted by Gasteiger charge is 2.58. The fourth-order valence-electron chi connectivity index (χ4n) is 1.48. The maximum absolute atomic E-state index is 3.48. The van der Waals surface area contributed by atoms with Crippen LogP contribution in [0.5, 0.6) is 0 Å². The van der Waals surface area contributed by atoms with Crippen molar-refractivity contribution in [2.24, 2.45) is 5.92 Å². The second kappa shape index (κ2) is 1.51.